The lowest BCUT2D eigenvalue weighted by Crippen LogP contribution is -2.29. The number of halogens is 4. The van der Waals surface area contributed by atoms with E-state index in [4.69, 9.17) is 10.6 Å². The van der Waals surface area contributed by atoms with Crippen LogP contribution in [0.15, 0.2) is 47.6 Å². The summed E-state index contributed by atoms with van der Waals surface area (Å²) in [6.07, 6.45) is 5.67. The zero-order chi connectivity index (χ0) is 20.6. The number of rotatable bonds is 9. The Morgan fingerprint density at radius 2 is 2.07 bits per heavy atom. The number of aliphatic imine (C=N–C) groups is 1. The van der Waals surface area contributed by atoms with Crippen LogP contribution in [0.1, 0.15) is 22.7 Å². The molecular formula is C19H20F4N4O. The van der Waals surface area contributed by atoms with Crippen molar-refractivity contribution >= 4 is 12.4 Å². The van der Waals surface area contributed by atoms with E-state index in [0.29, 0.717) is 18.2 Å². The van der Waals surface area contributed by atoms with E-state index < -0.39 is 35.7 Å². The van der Waals surface area contributed by atoms with Gasteiger partial charge in [0.2, 0.25) is 0 Å². The quantitative estimate of drug-likeness (QED) is 0.224. The number of hydrogen-bond acceptors (Lipinski definition) is 4. The van der Waals surface area contributed by atoms with Crippen LogP contribution in [0.25, 0.3) is 6.08 Å². The summed E-state index contributed by atoms with van der Waals surface area (Å²) >= 11 is 0. The molecule has 0 aliphatic heterocycles. The number of ether oxygens (including phenoxy) is 1. The van der Waals surface area contributed by atoms with Crippen LogP contribution >= 0.6 is 0 Å². The number of nitrogens with two attached hydrogens (primary N) is 1. The average molecular weight is 396 g/mol. The second-order valence-corrected chi connectivity index (χ2v) is 5.84. The molecule has 3 N–H and O–H groups in total. The van der Waals surface area contributed by atoms with E-state index in [9.17, 15) is 8.78 Å². The van der Waals surface area contributed by atoms with E-state index in [1.165, 1.54) is 19.4 Å². The van der Waals surface area contributed by atoms with Crippen LogP contribution < -0.4 is 11.3 Å². The number of hydrogen-bond donors (Lipinski definition) is 2. The molecule has 1 aromatic carbocycles. The van der Waals surface area contributed by atoms with Crippen molar-refractivity contribution in [1.82, 2.24) is 10.4 Å². The Balaban J connectivity index is 2.38. The van der Waals surface area contributed by atoms with Crippen molar-refractivity contribution in [3.05, 3.63) is 71.1 Å². The fourth-order valence-electron chi connectivity index (χ4n) is 2.56. The topological polar surface area (TPSA) is 72.5 Å². The molecule has 1 heterocycles. The number of methoxy groups -OCH3 is 1. The third-order valence-electron chi connectivity index (χ3n) is 3.93. The zero-order valence-electron chi connectivity index (χ0n) is 15.1. The molecule has 0 saturated carbocycles. The molecule has 0 spiro atoms. The third kappa shape index (κ3) is 5.37. The molecule has 0 amide bonds. The third-order valence-corrected chi connectivity index (χ3v) is 3.93. The number of benzene rings is 1. The number of nitrogens with one attached hydrogen (secondary N) is 1. The van der Waals surface area contributed by atoms with Crippen LogP contribution in [0.4, 0.5) is 17.6 Å². The molecule has 0 aliphatic carbocycles. The van der Waals surface area contributed by atoms with Crippen molar-refractivity contribution < 1.29 is 22.3 Å². The molecule has 0 aliphatic rings. The fraction of sp³-hybridized carbons (Fsp3) is 0.263. The highest BCUT2D eigenvalue weighted by molar-refractivity contribution is 5.53. The second kappa shape index (κ2) is 9.95. The van der Waals surface area contributed by atoms with Crippen molar-refractivity contribution in [3.8, 4) is 0 Å². The van der Waals surface area contributed by atoms with E-state index in [-0.39, 0.29) is 5.56 Å². The van der Waals surface area contributed by atoms with Gasteiger partial charge in [-0.3, -0.25) is 9.98 Å². The summed E-state index contributed by atoms with van der Waals surface area (Å²) in [6.45, 7) is -0.117. The Labute approximate surface area is 159 Å². The molecule has 1 aromatic heterocycles. The van der Waals surface area contributed by atoms with Gasteiger partial charge in [0.1, 0.15) is 17.3 Å². The van der Waals surface area contributed by atoms with Crippen LogP contribution in [0, 0.1) is 11.6 Å². The number of hydrazine groups is 1. The smallest absolute Gasteiger partial charge is 0.298 e. The summed E-state index contributed by atoms with van der Waals surface area (Å²) in [5.41, 5.74) is 1.78. The minimum Gasteiger partial charge on any atom is -0.381 e. The Morgan fingerprint density at radius 1 is 1.29 bits per heavy atom. The Kier molecular flexibility index (Phi) is 7.65. The lowest BCUT2D eigenvalue weighted by Gasteiger charge is -2.26. The molecular weight excluding hydrogens is 376 g/mol. The first-order valence-corrected chi connectivity index (χ1v) is 8.29. The molecule has 28 heavy (non-hydrogen) atoms. The van der Waals surface area contributed by atoms with Crippen LogP contribution in [0.2, 0.25) is 0 Å². The highest BCUT2D eigenvalue weighted by Crippen LogP contribution is 2.42. The van der Waals surface area contributed by atoms with Gasteiger partial charge in [-0.25, -0.2) is 14.6 Å². The molecule has 0 radical (unpaired) electrons. The van der Waals surface area contributed by atoms with Gasteiger partial charge in [0, 0.05) is 19.4 Å². The van der Waals surface area contributed by atoms with E-state index in [0.717, 1.165) is 24.5 Å². The number of nitrogens with zero attached hydrogens (tertiary/aromatic N) is 2. The molecule has 150 valence electrons. The second-order valence-electron chi connectivity index (χ2n) is 5.84. The minimum absolute atomic E-state index is 0.369. The van der Waals surface area contributed by atoms with Gasteiger partial charge in [0.25, 0.3) is 5.92 Å². The van der Waals surface area contributed by atoms with Gasteiger partial charge >= 0.3 is 0 Å². The van der Waals surface area contributed by atoms with Crippen LogP contribution in [-0.2, 0) is 10.7 Å². The molecule has 9 heteroatoms. The molecule has 5 nitrogen and oxygen atoms in total. The van der Waals surface area contributed by atoms with E-state index in [1.807, 2.05) is 0 Å². The summed E-state index contributed by atoms with van der Waals surface area (Å²) in [5.74, 6) is -2.17. The van der Waals surface area contributed by atoms with Crippen molar-refractivity contribution in [2.45, 2.75) is 11.8 Å². The minimum atomic E-state index is -3.57. The molecule has 0 fully saturated rings. The van der Waals surface area contributed by atoms with Gasteiger partial charge in [-0.05, 0) is 23.3 Å². The maximum Gasteiger partial charge on any atom is 0.298 e. The fourth-order valence-corrected chi connectivity index (χ4v) is 2.56. The summed E-state index contributed by atoms with van der Waals surface area (Å²) in [4.78, 5) is 7.56. The first kappa shape index (κ1) is 21.5. The summed E-state index contributed by atoms with van der Waals surface area (Å²) in [7, 11) is 1.53. The number of pyridine rings is 1. The summed E-state index contributed by atoms with van der Waals surface area (Å²) < 4.78 is 62.6. The molecule has 2 rings (SSSR count). The first-order valence-electron chi connectivity index (χ1n) is 8.29. The van der Waals surface area contributed by atoms with Crippen molar-refractivity contribution in [2.24, 2.45) is 10.8 Å². The summed E-state index contributed by atoms with van der Waals surface area (Å²) in [6, 6.07) is 5.08. The highest BCUT2D eigenvalue weighted by atomic mass is 19.3. The number of alkyl halides is 2. The van der Waals surface area contributed by atoms with Crippen molar-refractivity contribution in [1.29, 1.82) is 0 Å². The van der Waals surface area contributed by atoms with Crippen LogP contribution in [0.5, 0.6) is 0 Å². The van der Waals surface area contributed by atoms with Crippen molar-refractivity contribution in [2.75, 3.05) is 20.3 Å². The lowest BCUT2D eigenvalue weighted by molar-refractivity contribution is -0.0364. The van der Waals surface area contributed by atoms with Gasteiger partial charge in [0.05, 0.1) is 25.4 Å². The Hall–Kier alpha value is -2.78. The SMILES string of the molecule is COC/C=C/c1ccc(C(F)(F)C(CN=CNN)c2ccc(F)cc2F)nc1. The standard InChI is InChI=1S/C19H20F4N4O/c1-28-8-2-3-13-4-7-18(26-10-13)19(22,23)16(11-25-12-27-24)15-6-5-14(20)9-17(15)21/h2-7,9-10,12,16H,8,11,24H2,1H3,(H,25,27)/b3-2+. The monoisotopic (exact) mass is 396 g/mol. The maximum atomic E-state index is 15.2. The normalized spacial score (nSPS) is 13.4. The average Bonchev–Trinajstić information content (AvgIpc) is 2.67. The van der Waals surface area contributed by atoms with Gasteiger partial charge in [-0.15, -0.1) is 0 Å². The molecule has 0 saturated heterocycles. The largest absolute Gasteiger partial charge is 0.381 e. The highest BCUT2D eigenvalue weighted by Gasteiger charge is 2.44. The lowest BCUT2D eigenvalue weighted by atomic mass is 9.89. The van der Waals surface area contributed by atoms with Gasteiger partial charge in [-0.2, -0.15) is 8.78 Å². The summed E-state index contributed by atoms with van der Waals surface area (Å²) in [5, 5.41) is 0. The van der Waals surface area contributed by atoms with Crippen LogP contribution in [0.3, 0.4) is 0 Å². The zero-order valence-corrected chi connectivity index (χ0v) is 15.1. The molecule has 2 aromatic rings. The number of aromatic nitrogens is 1. The molecule has 1 unspecified atom stereocenters. The predicted octanol–water partition coefficient (Wildman–Crippen LogP) is 3.39. The Morgan fingerprint density at radius 3 is 2.68 bits per heavy atom. The first-order chi connectivity index (χ1) is 13.4. The van der Waals surface area contributed by atoms with Crippen molar-refractivity contribution in [3.63, 3.8) is 0 Å². The van der Waals surface area contributed by atoms with Gasteiger partial charge in [0.15, 0.2) is 0 Å². The van der Waals surface area contributed by atoms with Crippen LogP contribution in [-0.4, -0.2) is 31.6 Å². The van der Waals surface area contributed by atoms with E-state index in [1.54, 1.807) is 12.2 Å². The Bertz CT molecular complexity index is 825. The van der Waals surface area contributed by atoms with E-state index in [2.05, 4.69) is 15.4 Å². The molecule has 1 atom stereocenters. The predicted molar refractivity (Wildman–Crippen MR) is 98.8 cm³/mol. The maximum absolute atomic E-state index is 15.2. The van der Waals surface area contributed by atoms with E-state index >= 15 is 8.78 Å². The molecule has 0 bridgehead atoms. The van der Waals surface area contributed by atoms with Gasteiger partial charge in [-0.1, -0.05) is 24.3 Å². The van der Waals surface area contributed by atoms with Gasteiger partial charge < -0.3 is 10.2 Å².